The third-order valence-electron chi connectivity index (χ3n) is 6.89. The maximum Gasteiger partial charge on any atom is 0.305 e. The highest BCUT2D eigenvalue weighted by Crippen LogP contribution is 2.30. The van der Waals surface area contributed by atoms with Crippen molar-refractivity contribution in [2.75, 3.05) is 0 Å². The number of hydrazone groups is 1. The Morgan fingerprint density at radius 3 is 2.44 bits per heavy atom. The highest BCUT2D eigenvalue weighted by Gasteiger charge is 2.28. The van der Waals surface area contributed by atoms with E-state index in [4.69, 9.17) is 8.83 Å². The number of hydrogen-bond donors (Lipinski definition) is 3. The van der Waals surface area contributed by atoms with Gasteiger partial charge in [0.25, 0.3) is 5.91 Å². The van der Waals surface area contributed by atoms with Crippen molar-refractivity contribution in [1.82, 2.24) is 16.3 Å². The molecule has 4 aromatic rings. The minimum atomic E-state index is -0.566. The molecule has 2 aromatic heterocycles. The van der Waals surface area contributed by atoms with Gasteiger partial charge in [-0.3, -0.25) is 25.2 Å². The van der Waals surface area contributed by atoms with Crippen LogP contribution in [0.1, 0.15) is 72.9 Å². The second-order valence-corrected chi connectivity index (χ2v) is 9.97. The molecule has 1 aliphatic carbocycles. The number of fused-ring (bicyclic) bond motifs is 2. The average Bonchev–Trinajstić information content (AvgIpc) is 3.47. The van der Waals surface area contributed by atoms with E-state index in [2.05, 4.69) is 27.4 Å². The van der Waals surface area contributed by atoms with E-state index < -0.39 is 11.8 Å². The van der Waals surface area contributed by atoms with Gasteiger partial charge in [0.05, 0.1) is 18.4 Å². The summed E-state index contributed by atoms with van der Waals surface area (Å²) in [6, 6.07) is 11.0. The van der Waals surface area contributed by atoms with Crippen LogP contribution in [-0.4, -0.2) is 23.4 Å². The fourth-order valence-corrected chi connectivity index (χ4v) is 5.04. The molecule has 39 heavy (non-hydrogen) atoms. The van der Waals surface area contributed by atoms with Crippen LogP contribution in [0.4, 0.5) is 0 Å². The number of nitrogens with zero attached hydrogens (tertiary/aromatic N) is 1. The third kappa shape index (κ3) is 5.34. The van der Waals surface area contributed by atoms with Crippen LogP contribution in [0.5, 0.6) is 0 Å². The van der Waals surface area contributed by atoms with Gasteiger partial charge in [0.2, 0.25) is 5.91 Å². The second kappa shape index (κ2) is 10.6. The van der Waals surface area contributed by atoms with Crippen LogP contribution in [0.2, 0.25) is 0 Å². The summed E-state index contributed by atoms with van der Waals surface area (Å²) in [6.45, 7) is 7.70. The van der Waals surface area contributed by atoms with E-state index in [1.807, 2.05) is 39.0 Å². The molecule has 0 fully saturated rings. The minimum absolute atomic E-state index is 0.0979. The van der Waals surface area contributed by atoms with Crippen molar-refractivity contribution in [2.45, 2.75) is 53.4 Å². The van der Waals surface area contributed by atoms with Crippen LogP contribution < -0.4 is 16.3 Å². The first-order valence-electron chi connectivity index (χ1n) is 12.8. The molecular formula is C30H30N4O5. The van der Waals surface area contributed by atoms with E-state index >= 15 is 0 Å². The van der Waals surface area contributed by atoms with E-state index in [9.17, 15) is 14.4 Å². The Labute approximate surface area is 225 Å². The molecule has 200 valence electrons. The maximum absolute atomic E-state index is 12.8. The lowest BCUT2D eigenvalue weighted by molar-refractivity contribution is -0.120. The molecule has 0 saturated carbocycles. The monoisotopic (exact) mass is 526 g/mol. The lowest BCUT2D eigenvalue weighted by Crippen LogP contribution is -2.41. The number of furan rings is 2. The summed E-state index contributed by atoms with van der Waals surface area (Å²) < 4.78 is 11.5. The highest BCUT2D eigenvalue weighted by molar-refractivity contribution is 6.07. The molecule has 3 N–H and O–H groups in total. The van der Waals surface area contributed by atoms with Crippen molar-refractivity contribution < 1.29 is 23.2 Å². The molecule has 0 bridgehead atoms. The van der Waals surface area contributed by atoms with Crippen molar-refractivity contribution >= 4 is 34.4 Å². The highest BCUT2D eigenvalue weighted by atomic mass is 16.4. The summed E-state index contributed by atoms with van der Waals surface area (Å²) in [7, 11) is 0. The minimum Gasteiger partial charge on any atom is -0.464 e. The molecule has 9 nitrogen and oxygen atoms in total. The molecular weight excluding hydrogens is 496 g/mol. The molecule has 0 saturated heterocycles. The van der Waals surface area contributed by atoms with Gasteiger partial charge < -0.3 is 8.83 Å². The number of aryl methyl sites for hydroxylation is 4. The largest absolute Gasteiger partial charge is 0.464 e. The van der Waals surface area contributed by atoms with Gasteiger partial charge in [-0.2, -0.15) is 5.10 Å². The summed E-state index contributed by atoms with van der Waals surface area (Å²) in [5.74, 6) is -0.536. The predicted molar refractivity (Wildman–Crippen MR) is 147 cm³/mol. The fourth-order valence-electron chi connectivity index (χ4n) is 5.04. The molecule has 0 unspecified atom stereocenters. The SMILES string of the molecule is Cc1ccc(C(=O)NNC(=O)c2oc3c(c2C)/C(=N/NC(=O)Cc2coc4cc(C)cc(C)c24)CCC3)cc1. The zero-order chi connectivity index (χ0) is 27.7. The van der Waals surface area contributed by atoms with Crippen LogP contribution in [0, 0.1) is 27.7 Å². The smallest absolute Gasteiger partial charge is 0.305 e. The molecule has 2 heterocycles. The van der Waals surface area contributed by atoms with Crippen molar-refractivity contribution in [3.63, 3.8) is 0 Å². The summed E-state index contributed by atoms with van der Waals surface area (Å²) in [4.78, 5) is 38.0. The molecule has 0 atom stereocenters. The summed E-state index contributed by atoms with van der Waals surface area (Å²) >= 11 is 0. The van der Waals surface area contributed by atoms with Gasteiger partial charge in [-0.1, -0.05) is 23.8 Å². The second-order valence-electron chi connectivity index (χ2n) is 9.97. The van der Waals surface area contributed by atoms with Gasteiger partial charge in [0, 0.05) is 34.1 Å². The Hall–Kier alpha value is -4.66. The van der Waals surface area contributed by atoms with Crippen LogP contribution in [0.25, 0.3) is 11.0 Å². The van der Waals surface area contributed by atoms with Gasteiger partial charge in [0.15, 0.2) is 5.76 Å². The van der Waals surface area contributed by atoms with Crippen molar-refractivity contribution in [1.29, 1.82) is 0 Å². The first-order chi connectivity index (χ1) is 18.7. The van der Waals surface area contributed by atoms with Crippen LogP contribution in [0.15, 0.2) is 56.6 Å². The first-order valence-corrected chi connectivity index (χ1v) is 12.8. The van der Waals surface area contributed by atoms with E-state index in [0.717, 1.165) is 45.2 Å². The molecule has 0 aliphatic heterocycles. The number of hydrogen-bond acceptors (Lipinski definition) is 6. The molecule has 0 radical (unpaired) electrons. The summed E-state index contributed by atoms with van der Waals surface area (Å²) in [5, 5.41) is 5.34. The number of nitrogens with one attached hydrogen (secondary N) is 3. The summed E-state index contributed by atoms with van der Waals surface area (Å²) in [5.41, 5.74) is 14.7. The number of carbonyl (C=O) groups excluding carboxylic acids is 3. The van der Waals surface area contributed by atoms with E-state index in [1.54, 1.807) is 25.3 Å². The van der Waals surface area contributed by atoms with Gasteiger partial charge in [0.1, 0.15) is 11.3 Å². The average molecular weight is 527 g/mol. The zero-order valence-corrected chi connectivity index (χ0v) is 22.4. The maximum atomic E-state index is 12.8. The normalized spacial score (nSPS) is 13.8. The van der Waals surface area contributed by atoms with E-state index in [1.165, 1.54) is 0 Å². The number of hydrazine groups is 1. The van der Waals surface area contributed by atoms with Crippen molar-refractivity contribution in [3.8, 4) is 0 Å². The number of benzene rings is 2. The quantitative estimate of drug-likeness (QED) is 0.324. The Morgan fingerprint density at radius 2 is 1.67 bits per heavy atom. The lowest BCUT2D eigenvalue weighted by Gasteiger charge is -2.13. The number of amides is 3. The van der Waals surface area contributed by atoms with Crippen LogP contribution in [0.3, 0.4) is 0 Å². The van der Waals surface area contributed by atoms with Gasteiger partial charge in [-0.25, -0.2) is 5.43 Å². The van der Waals surface area contributed by atoms with Crippen LogP contribution in [-0.2, 0) is 17.6 Å². The number of carbonyl (C=O) groups is 3. The standard InChI is InChI=1S/C30H30N4O5/c1-16-8-10-20(11-9-16)29(36)33-34-30(37)28-19(4)27-22(6-5-7-23(27)39-28)31-32-25(35)14-21-15-38-24-13-17(2)12-18(3)26(21)24/h8-13,15H,5-7,14H2,1-4H3,(H,32,35)(H,33,36)(H,34,37)/b31-22+. The zero-order valence-electron chi connectivity index (χ0n) is 22.4. The van der Waals surface area contributed by atoms with Crippen molar-refractivity contribution in [3.05, 3.63) is 93.1 Å². The predicted octanol–water partition coefficient (Wildman–Crippen LogP) is 4.73. The molecule has 3 amide bonds. The molecule has 2 aromatic carbocycles. The Kier molecular flexibility index (Phi) is 7.06. The fraction of sp³-hybridized carbons (Fsp3) is 0.267. The molecule has 0 spiro atoms. The number of rotatable bonds is 5. The molecule has 9 heteroatoms. The van der Waals surface area contributed by atoms with Crippen LogP contribution >= 0.6 is 0 Å². The lowest BCUT2D eigenvalue weighted by atomic mass is 9.93. The Bertz CT molecular complexity index is 1630. The van der Waals surface area contributed by atoms with Crippen molar-refractivity contribution in [2.24, 2.45) is 5.10 Å². The van der Waals surface area contributed by atoms with E-state index in [-0.39, 0.29) is 18.1 Å². The van der Waals surface area contributed by atoms with Gasteiger partial charge >= 0.3 is 5.91 Å². The first kappa shape index (κ1) is 26.0. The molecule has 5 rings (SSSR count). The summed E-state index contributed by atoms with van der Waals surface area (Å²) in [6.07, 6.45) is 3.78. The van der Waals surface area contributed by atoms with Gasteiger partial charge in [-0.05, 0) is 69.9 Å². The van der Waals surface area contributed by atoms with E-state index in [0.29, 0.717) is 35.4 Å². The van der Waals surface area contributed by atoms with Gasteiger partial charge in [-0.15, -0.1) is 0 Å². The third-order valence-corrected chi connectivity index (χ3v) is 6.89. The molecule has 1 aliphatic rings. The topological polar surface area (TPSA) is 126 Å². The Morgan fingerprint density at radius 1 is 0.923 bits per heavy atom. The Balaban J connectivity index is 1.27.